The molecule has 1 aliphatic heterocycles. The highest BCUT2D eigenvalue weighted by Crippen LogP contribution is 2.38. The third kappa shape index (κ3) is 1.66. The van der Waals surface area contributed by atoms with Gasteiger partial charge in [0, 0.05) is 16.5 Å². The number of rotatable bonds is 1. The summed E-state index contributed by atoms with van der Waals surface area (Å²) in [6, 6.07) is 3.82. The average Bonchev–Trinajstić information content (AvgIpc) is 2.40. The van der Waals surface area contributed by atoms with E-state index < -0.39 is 0 Å². The molecule has 0 saturated carbocycles. The van der Waals surface area contributed by atoms with Gasteiger partial charge in [-0.3, -0.25) is 4.98 Å². The number of halogens is 1. The van der Waals surface area contributed by atoms with Crippen LogP contribution >= 0.6 is 15.9 Å². The van der Waals surface area contributed by atoms with E-state index in [2.05, 4.69) is 15.9 Å². The van der Waals surface area contributed by atoms with Gasteiger partial charge in [0.1, 0.15) is 5.75 Å². The number of nitrogen functional groups attached to an aromatic ring is 1. The van der Waals surface area contributed by atoms with Crippen LogP contribution in [0.25, 0.3) is 10.9 Å². The number of nitrogens with two attached hydrogens (primary N) is 1. The smallest absolute Gasteiger partial charge is 0.130 e. The fraction of sp³-hybridized carbons (Fsp3) is 0.308. The summed E-state index contributed by atoms with van der Waals surface area (Å²) < 4.78 is 11.8. The van der Waals surface area contributed by atoms with Crippen LogP contribution in [0.4, 0.5) is 5.69 Å². The molecular weight excluding hydrogens is 296 g/mol. The number of hydrogen-bond donors (Lipinski definition) is 1. The van der Waals surface area contributed by atoms with Gasteiger partial charge < -0.3 is 15.2 Å². The van der Waals surface area contributed by atoms with E-state index in [0.717, 1.165) is 38.8 Å². The van der Waals surface area contributed by atoms with Gasteiger partial charge in [-0.05, 0) is 28.1 Å². The normalized spacial score (nSPS) is 14.6. The molecule has 0 aliphatic carbocycles. The van der Waals surface area contributed by atoms with Gasteiger partial charge in [-0.25, -0.2) is 0 Å². The van der Waals surface area contributed by atoms with Crippen LogP contribution < -0.4 is 10.5 Å². The molecule has 5 heteroatoms. The summed E-state index contributed by atoms with van der Waals surface area (Å²) >= 11 is 3.52. The largest absolute Gasteiger partial charge is 0.496 e. The van der Waals surface area contributed by atoms with E-state index in [1.165, 1.54) is 0 Å². The summed E-state index contributed by atoms with van der Waals surface area (Å²) in [6.07, 6.45) is 0.805. The van der Waals surface area contributed by atoms with E-state index in [-0.39, 0.29) is 0 Å². The number of methoxy groups -OCH3 is 1. The van der Waals surface area contributed by atoms with Crippen LogP contribution in [0.2, 0.25) is 0 Å². The summed E-state index contributed by atoms with van der Waals surface area (Å²) in [5.74, 6) is 0.742. The van der Waals surface area contributed by atoms with Crippen molar-refractivity contribution in [1.29, 1.82) is 0 Å². The van der Waals surface area contributed by atoms with Crippen molar-refractivity contribution in [2.45, 2.75) is 13.0 Å². The van der Waals surface area contributed by atoms with Crippen LogP contribution in [0.5, 0.6) is 5.75 Å². The van der Waals surface area contributed by atoms with Crippen molar-refractivity contribution in [3.63, 3.8) is 0 Å². The lowest BCUT2D eigenvalue weighted by Gasteiger charge is -2.20. The lowest BCUT2D eigenvalue weighted by molar-refractivity contribution is 0.110. The minimum absolute atomic E-state index is 0.528. The highest BCUT2D eigenvalue weighted by atomic mass is 79.9. The number of fused-ring (bicyclic) bond motifs is 2. The van der Waals surface area contributed by atoms with Gasteiger partial charge in [0.15, 0.2) is 0 Å². The van der Waals surface area contributed by atoms with Crippen molar-refractivity contribution in [3.05, 3.63) is 27.9 Å². The maximum absolute atomic E-state index is 6.26. The maximum Gasteiger partial charge on any atom is 0.130 e. The Bertz CT molecular complexity index is 628. The Balaban J connectivity index is 2.41. The predicted octanol–water partition coefficient (Wildman–Crippen LogP) is 2.66. The lowest BCUT2D eigenvalue weighted by Crippen LogP contribution is -2.14. The zero-order valence-corrected chi connectivity index (χ0v) is 11.6. The average molecular weight is 309 g/mol. The van der Waals surface area contributed by atoms with Crippen LogP contribution in [-0.2, 0) is 17.8 Å². The van der Waals surface area contributed by atoms with E-state index in [9.17, 15) is 0 Å². The predicted molar refractivity (Wildman–Crippen MR) is 73.8 cm³/mol. The second kappa shape index (κ2) is 4.40. The molecule has 1 aromatic carbocycles. The fourth-order valence-corrected chi connectivity index (χ4v) is 2.73. The lowest BCUT2D eigenvalue weighted by atomic mass is 10.0. The van der Waals surface area contributed by atoms with Gasteiger partial charge in [-0.15, -0.1) is 0 Å². The van der Waals surface area contributed by atoms with Gasteiger partial charge in [0.25, 0.3) is 0 Å². The first-order valence-electron chi connectivity index (χ1n) is 5.73. The van der Waals surface area contributed by atoms with Gasteiger partial charge >= 0.3 is 0 Å². The third-order valence-corrected chi connectivity index (χ3v) is 3.87. The minimum atomic E-state index is 0.528. The second-order valence-electron chi connectivity index (χ2n) is 4.23. The standard InChI is InChI=1S/C13H13BrN2O2/c1-17-10-3-2-8(14)13-11(10)12(15)7-6-18-5-4-9(7)16-13/h2-3H,4-6H2,1H3,(H2,15,16). The SMILES string of the molecule is COc1ccc(Br)c2nc3c(c(N)c12)COCC3. The number of nitrogens with zero attached hydrogens (tertiary/aromatic N) is 1. The molecule has 18 heavy (non-hydrogen) atoms. The molecule has 4 nitrogen and oxygen atoms in total. The Morgan fingerprint density at radius 2 is 2.28 bits per heavy atom. The molecule has 2 heterocycles. The monoisotopic (exact) mass is 308 g/mol. The number of hydrogen-bond acceptors (Lipinski definition) is 4. The highest BCUT2D eigenvalue weighted by molar-refractivity contribution is 9.10. The Morgan fingerprint density at radius 3 is 3.06 bits per heavy atom. The van der Waals surface area contributed by atoms with E-state index in [0.29, 0.717) is 18.9 Å². The zero-order valence-electron chi connectivity index (χ0n) is 10.00. The number of benzene rings is 1. The first-order chi connectivity index (χ1) is 8.72. The molecule has 94 valence electrons. The summed E-state index contributed by atoms with van der Waals surface area (Å²) in [5, 5.41) is 0.858. The molecular formula is C13H13BrN2O2. The van der Waals surface area contributed by atoms with Gasteiger partial charge in [-0.2, -0.15) is 0 Å². The van der Waals surface area contributed by atoms with Crippen molar-refractivity contribution < 1.29 is 9.47 Å². The molecule has 0 radical (unpaired) electrons. The number of pyridine rings is 1. The molecule has 2 N–H and O–H groups in total. The Kier molecular flexibility index (Phi) is 2.87. The number of aromatic nitrogens is 1. The first kappa shape index (κ1) is 11.7. The summed E-state index contributed by atoms with van der Waals surface area (Å²) in [6.45, 7) is 1.23. The number of ether oxygens (including phenoxy) is 2. The molecule has 1 aromatic heterocycles. The molecule has 0 unspecified atom stereocenters. The molecule has 0 fully saturated rings. The van der Waals surface area contributed by atoms with Crippen LogP contribution in [0.15, 0.2) is 16.6 Å². The fourth-order valence-electron chi connectivity index (χ4n) is 2.31. The van der Waals surface area contributed by atoms with Crippen LogP contribution in [0, 0.1) is 0 Å². The van der Waals surface area contributed by atoms with Gasteiger partial charge in [0.2, 0.25) is 0 Å². The second-order valence-corrected chi connectivity index (χ2v) is 5.08. The van der Waals surface area contributed by atoms with Crippen molar-refractivity contribution in [2.24, 2.45) is 0 Å². The molecule has 0 spiro atoms. The zero-order chi connectivity index (χ0) is 12.7. The molecule has 3 rings (SSSR count). The van der Waals surface area contributed by atoms with Crippen LogP contribution in [-0.4, -0.2) is 18.7 Å². The van der Waals surface area contributed by atoms with Gasteiger partial charge in [-0.1, -0.05) is 0 Å². The Hall–Kier alpha value is -1.33. The van der Waals surface area contributed by atoms with E-state index in [1.54, 1.807) is 7.11 Å². The third-order valence-electron chi connectivity index (χ3n) is 3.23. The minimum Gasteiger partial charge on any atom is -0.496 e. The van der Waals surface area contributed by atoms with E-state index in [1.807, 2.05) is 12.1 Å². The molecule has 0 atom stereocenters. The molecule has 2 aromatic rings. The molecule has 0 saturated heterocycles. The summed E-state index contributed by atoms with van der Waals surface area (Å²) in [5.41, 5.74) is 9.85. The molecule has 0 amide bonds. The molecule has 1 aliphatic rings. The Labute approximate surface area is 113 Å². The van der Waals surface area contributed by atoms with Crippen molar-refractivity contribution in [1.82, 2.24) is 4.98 Å². The van der Waals surface area contributed by atoms with Crippen LogP contribution in [0.1, 0.15) is 11.3 Å². The van der Waals surface area contributed by atoms with Gasteiger partial charge in [0.05, 0.1) is 42.6 Å². The maximum atomic E-state index is 6.26. The highest BCUT2D eigenvalue weighted by Gasteiger charge is 2.20. The first-order valence-corrected chi connectivity index (χ1v) is 6.53. The quantitative estimate of drug-likeness (QED) is 0.880. The summed E-state index contributed by atoms with van der Waals surface area (Å²) in [4.78, 5) is 4.70. The van der Waals surface area contributed by atoms with Crippen molar-refractivity contribution >= 4 is 32.5 Å². The van der Waals surface area contributed by atoms with Crippen molar-refractivity contribution in [2.75, 3.05) is 19.5 Å². The Morgan fingerprint density at radius 1 is 1.44 bits per heavy atom. The molecule has 0 bridgehead atoms. The topological polar surface area (TPSA) is 57.4 Å². The van der Waals surface area contributed by atoms with Crippen LogP contribution in [0.3, 0.4) is 0 Å². The number of anilines is 1. The summed E-state index contributed by atoms with van der Waals surface area (Å²) in [7, 11) is 1.64. The van der Waals surface area contributed by atoms with E-state index >= 15 is 0 Å². The van der Waals surface area contributed by atoms with Crippen molar-refractivity contribution in [3.8, 4) is 5.75 Å². The van der Waals surface area contributed by atoms with E-state index in [4.69, 9.17) is 20.2 Å².